The van der Waals surface area contributed by atoms with Crippen LogP contribution in [0.3, 0.4) is 0 Å². The van der Waals surface area contributed by atoms with Crippen LogP contribution in [-0.2, 0) is 0 Å². The van der Waals surface area contributed by atoms with Gasteiger partial charge in [0.05, 0.1) is 0 Å². The average Bonchev–Trinajstić information content (AvgIpc) is 2.20. The third kappa shape index (κ3) is 2.88. The molecule has 0 aliphatic rings. The number of hydrogen-bond donors (Lipinski definition) is 3. The maximum absolute atomic E-state index is 5.78. The maximum Gasteiger partial charge on any atom is 0.209 e. The number of nitrogens with zero attached hydrogens (tertiary/aromatic N) is 1. The maximum atomic E-state index is 5.78. The monoisotopic (exact) mass is 270 g/mol. The molecule has 4 nitrogen and oxygen atoms in total. The lowest BCUT2D eigenvalue weighted by molar-refractivity contribution is 1.01. The molecule has 0 atom stereocenters. The number of halogens is 1. The molecule has 2 rings (SSSR count). The minimum Gasteiger partial charge on any atom is -0.326 e. The van der Waals surface area contributed by atoms with Crippen LogP contribution in [0.15, 0.2) is 24.3 Å². The van der Waals surface area contributed by atoms with Crippen molar-refractivity contribution in [3.8, 4) is 0 Å². The second-order valence-corrected chi connectivity index (χ2v) is 4.21. The molecule has 0 aliphatic carbocycles. The van der Waals surface area contributed by atoms with Gasteiger partial charge in [-0.25, -0.2) is 0 Å². The van der Waals surface area contributed by atoms with Crippen molar-refractivity contribution in [1.82, 2.24) is 15.0 Å². The van der Waals surface area contributed by atoms with E-state index in [2.05, 4.69) is 20.3 Å². The second-order valence-electron chi connectivity index (χ2n) is 2.98. The van der Waals surface area contributed by atoms with Crippen molar-refractivity contribution in [1.29, 1.82) is 0 Å². The Morgan fingerprint density at radius 2 is 1.81 bits per heavy atom. The van der Waals surface area contributed by atoms with Crippen molar-refractivity contribution in [2.24, 2.45) is 0 Å². The summed E-state index contributed by atoms with van der Waals surface area (Å²) in [5, 5.41) is 3.71. The van der Waals surface area contributed by atoms with Crippen LogP contribution in [0.1, 0.15) is 0 Å². The summed E-state index contributed by atoms with van der Waals surface area (Å²) in [5.74, 6) is 0.496. The van der Waals surface area contributed by atoms with Crippen molar-refractivity contribution in [2.45, 2.75) is 0 Å². The second kappa shape index (κ2) is 4.73. The molecule has 0 unspecified atom stereocenters. The summed E-state index contributed by atoms with van der Waals surface area (Å²) in [7, 11) is 0. The molecule has 3 N–H and O–H groups in total. The molecule has 0 amide bonds. The molecule has 1 aromatic carbocycles. The van der Waals surface area contributed by atoms with Gasteiger partial charge < -0.3 is 15.3 Å². The van der Waals surface area contributed by atoms with E-state index in [1.54, 1.807) is 12.1 Å². The first-order chi connectivity index (χ1) is 7.63. The highest BCUT2D eigenvalue weighted by molar-refractivity contribution is 7.71. The zero-order chi connectivity index (χ0) is 11.5. The van der Waals surface area contributed by atoms with E-state index in [0.717, 1.165) is 5.69 Å². The molecule has 0 saturated heterocycles. The number of anilines is 2. The summed E-state index contributed by atoms with van der Waals surface area (Å²) in [6.07, 6.45) is 0. The van der Waals surface area contributed by atoms with Gasteiger partial charge in [0, 0.05) is 10.7 Å². The van der Waals surface area contributed by atoms with Crippen molar-refractivity contribution in [3.05, 3.63) is 38.8 Å². The minimum atomic E-state index is 0.334. The molecule has 16 heavy (non-hydrogen) atoms. The molecule has 0 fully saturated rings. The third-order valence-corrected chi connectivity index (χ3v) is 2.42. The van der Waals surface area contributed by atoms with Crippen LogP contribution in [0.25, 0.3) is 0 Å². The fraction of sp³-hybridized carbons (Fsp3) is 0. The summed E-state index contributed by atoms with van der Waals surface area (Å²) in [5.41, 5.74) is 0.850. The smallest absolute Gasteiger partial charge is 0.209 e. The summed E-state index contributed by atoms with van der Waals surface area (Å²) < 4.78 is 0.761. The van der Waals surface area contributed by atoms with E-state index < -0.39 is 0 Å². The van der Waals surface area contributed by atoms with Crippen molar-refractivity contribution < 1.29 is 0 Å². The number of aromatic nitrogens is 3. The lowest BCUT2D eigenvalue weighted by Crippen LogP contribution is -1.98. The summed E-state index contributed by atoms with van der Waals surface area (Å²) in [4.78, 5) is 9.60. The summed E-state index contributed by atoms with van der Waals surface area (Å²) >= 11 is 15.6. The van der Waals surface area contributed by atoms with Gasteiger partial charge in [0.1, 0.15) is 0 Å². The molecule has 1 aromatic heterocycles. The molecule has 0 saturated carbocycles. The van der Waals surface area contributed by atoms with Gasteiger partial charge in [-0.1, -0.05) is 11.6 Å². The Morgan fingerprint density at radius 1 is 1.12 bits per heavy atom. The normalized spacial score (nSPS) is 10.1. The highest BCUT2D eigenvalue weighted by Crippen LogP contribution is 2.15. The topological polar surface area (TPSA) is 56.5 Å². The first kappa shape index (κ1) is 11.3. The predicted octanol–water partition coefficient (Wildman–Crippen LogP) is 3.59. The zero-order valence-corrected chi connectivity index (χ0v) is 10.3. The molecule has 0 bridgehead atoms. The van der Waals surface area contributed by atoms with Gasteiger partial charge in [-0.15, -0.1) is 0 Å². The average molecular weight is 271 g/mol. The molecule has 7 heteroatoms. The standard InChI is InChI=1S/C9H7ClN4S2/c10-5-1-3-6(4-2-5)11-7-12-8(15)14-9(16)13-7/h1-4H,(H3,11,12,13,14,15,16). The van der Waals surface area contributed by atoms with E-state index >= 15 is 0 Å². The Labute approximate surface area is 107 Å². The van der Waals surface area contributed by atoms with Crippen LogP contribution in [0, 0.1) is 9.54 Å². The van der Waals surface area contributed by atoms with Gasteiger partial charge in [0.25, 0.3) is 0 Å². The number of hydrogen-bond acceptors (Lipinski definition) is 4. The fourth-order valence-electron chi connectivity index (χ4n) is 1.12. The Morgan fingerprint density at radius 3 is 2.44 bits per heavy atom. The molecular formula is C9H7ClN4S2. The van der Waals surface area contributed by atoms with Gasteiger partial charge in [-0.3, -0.25) is 0 Å². The Hall–Kier alpha value is -1.24. The molecule has 0 radical (unpaired) electrons. The number of rotatable bonds is 2. The van der Waals surface area contributed by atoms with Gasteiger partial charge >= 0.3 is 0 Å². The summed E-state index contributed by atoms with van der Waals surface area (Å²) in [6.45, 7) is 0. The van der Waals surface area contributed by atoms with E-state index in [1.165, 1.54) is 0 Å². The van der Waals surface area contributed by atoms with Crippen LogP contribution in [-0.4, -0.2) is 15.0 Å². The van der Waals surface area contributed by atoms with Crippen LogP contribution >= 0.6 is 36.0 Å². The summed E-state index contributed by atoms with van der Waals surface area (Å²) in [6, 6.07) is 7.23. The quantitative estimate of drug-likeness (QED) is 0.730. The first-order valence-electron chi connectivity index (χ1n) is 4.37. The van der Waals surface area contributed by atoms with E-state index in [9.17, 15) is 0 Å². The minimum absolute atomic E-state index is 0.334. The van der Waals surface area contributed by atoms with Gasteiger partial charge in [-0.2, -0.15) is 4.98 Å². The molecule has 82 valence electrons. The first-order valence-corrected chi connectivity index (χ1v) is 5.56. The largest absolute Gasteiger partial charge is 0.326 e. The van der Waals surface area contributed by atoms with Crippen molar-refractivity contribution in [3.63, 3.8) is 0 Å². The lowest BCUT2D eigenvalue weighted by Gasteiger charge is -2.04. The highest BCUT2D eigenvalue weighted by Gasteiger charge is 1.96. The van der Waals surface area contributed by atoms with E-state index in [4.69, 9.17) is 36.0 Å². The third-order valence-electron chi connectivity index (χ3n) is 1.77. The van der Waals surface area contributed by atoms with Crippen molar-refractivity contribution in [2.75, 3.05) is 5.32 Å². The Bertz CT molecular complexity index is 574. The molecule has 0 aliphatic heterocycles. The van der Waals surface area contributed by atoms with Crippen LogP contribution in [0.5, 0.6) is 0 Å². The van der Waals surface area contributed by atoms with Crippen molar-refractivity contribution >= 4 is 47.7 Å². The molecular weight excluding hydrogens is 264 g/mol. The number of nitrogens with one attached hydrogen (secondary N) is 3. The van der Waals surface area contributed by atoms with Gasteiger partial charge in [-0.05, 0) is 48.7 Å². The SMILES string of the molecule is S=c1nc(Nc2ccc(Cl)cc2)[nH]c(=S)[nH]1. The van der Waals surface area contributed by atoms with E-state index in [-0.39, 0.29) is 0 Å². The zero-order valence-electron chi connectivity index (χ0n) is 7.95. The number of benzene rings is 1. The molecule has 2 aromatic rings. The van der Waals surface area contributed by atoms with Crippen LogP contribution in [0.4, 0.5) is 11.6 Å². The van der Waals surface area contributed by atoms with Gasteiger partial charge in [0.15, 0.2) is 4.77 Å². The lowest BCUT2D eigenvalue weighted by atomic mass is 10.3. The van der Waals surface area contributed by atoms with Crippen LogP contribution < -0.4 is 5.32 Å². The van der Waals surface area contributed by atoms with E-state index in [1.807, 2.05) is 12.1 Å². The highest BCUT2D eigenvalue weighted by atomic mass is 35.5. The predicted molar refractivity (Wildman–Crippen MR) is 69.3 cm³/mol. The van der Waals surface area contributed by atoms with E-state index in [0.29, 0.717) is 20.5 Å². The van der Waals surface area contributed by atoms with Crippen LogP contribution in [0.2, 0.25) is 5.02 Å². The number of H-pyrrole nitrogens is 2. The Kier molecular flexibility index (Phi) is 3.33. The molecule has 0 spiro atoms. The fourth-order valence-corrected chi connectivity index (χ4v) is 1.70. The molecule has 1 heterocycles. The van der Waals surface area contributed by atoms with Gasteiger partial charge in [0.2, 0.25) is 10.7 Å². The number of aromatic amines is 2. The Balaban J connectivity index is 2.30.